The molecule has 28 heavy (non-hydrogen) atoms. The molecule has 0 fully saturated rings. The molecule has 0 aliphatic rings. The second-order valence-corrected chi connectivity index (χ2v) is 7.57. The van der Waals surface area contributed by atoms with Crippen LogP contribution >= 0.6 is 0 Å². The Kier molecular flexibility index (Phi) is 16.6. The molecule has 0 aliphatic heterocycles. The van der Waals surface area contributed by atoms with Crippen molar-refractivity contribution in [2.45, 2.75) is 123 Å². The lowest BCUT2D eigenvalue weighted by atomic mass is 10.0. The van der Waals surface area contributed by atoms with Crippen LogP contribution in [0, 0.1) is 0 Å². The fourth-order valence-electron chi connectivity index (χ4n) is 3.15. The van der Waals surface area contributed by atoms with Gasteiger partial charge >= 0.3 is 12.1 Å². The molecule has 0 aliphatic carbocycles. The van der Waals surface area contributed by atoms with Crippen LogP contribution in [0.4, 0.5) is 17.6 Å². The molecule has 0 saturated carbocycles. The Morgan fingerprint density at radius 2 is 1.21 bits per heavy atom. The van der Waals surface area contributed by atoms with E-state index in [-0.39, 0.29) is 13.0 Å². The van der Waals surface area contributed by atoms with Crippen LogP contribution in [-0.2, 0) is 9.47 Å². The van der Waals surface area contributed by atoms with E-state index >= 15 is 0 Å². The van der Waals surface area contributed by atoms with Crippen LogP contribution in [0.2, 0.25) is 0 Å². The van der Waals surface area contributed by atoms with Gasteiger partial charge in [-0.1, -0.05) is 84.5 Å². The number of alkyl halides is 1. The Hall–Kier alpha value is -0.780. The van der Waals surface area contributed by atoms with Gasteiger partial charge in [0.1, 0.15) is 6.10 Å². The van der Waals surface area contributed by atoms with E-state index < -0.39 is 24.1 Å². The highest BCUT2D eigenvalue weighted by Gasteiger charge is 2.41. The molecule has 168 valence electrons. The van der Waals surface area contributed by atoms with Crippen LogP contribution in [0.3, 0.4) is 0 Å². The molecule has 0 saturated heterocycles. The van der Waals surface area contributed by atoms with Crippen molar-refractivity contribution >= 4 is 0 Å². The average Bonchev–Trinajstić information content (AvgIpc) is 2.66. The standard InChI is InChI=1S/C22H40F4O2/c1-4-6-7-8-9-10-11-12-13-14-15-16-17-22(26,19(3)27-18-5-2)28-21(25)20(23)24/h19H,4-18H2,1-3H3. The summed E-state index contributed by atoms with van der Waals surface area (Å²) in [5.41, 5.74) is 0. The first-order chi connectivity index (χ1) is 13.4. The molecule has 0 aromatic rings. The summed E-state index contributed by atoms with van der Waals surface area (Å²) >= 11 is 0. The Morgan fingerprint density at radius 1 is 0.750 bits per heavy atom. The van der Waals surface area contributed by atoms with Gasteiger partial charge in [0.15, 0.2) is 0 Å². The molecule has 2 nitrogen and oxygen atoms in total. The van der Waals surface area contributed by atoms with E-state index in [1.807, 2.05) is 6.92 Å². The van der Waals surface area contributed by atoms with Crippen molar-refractivity contribution in [3.05, 3.63) is 12.1 Å². The Morgan fingerprint density at radius 3 is 1.64 bits per heavy atom. The fraction of sp³-hybridized carbons (Fsp3) is 0.909. The number of rotatable bonds is 19. The number of hydrogen-bond acceptors (Lipinski definition) is 2. The van der Waals surface area contributed by atoms with Gasteiger partial charge in [0.25, 0.3) is 5.85 Å². The minimum Gasteiger partial charge on any atom is -0.427 e. The zero-order valence-electron chi connectivity index (χ0n) is 18.0. The molecule has 2 atom stereocenters. The van der Waals surface area contributed by atoms with E-state index in [1.54, 1.807) is 0 Å². The Balaban J connectivity index is 4.06. The monoisotopic (exact) mass is 412 g/mol. The third kappa shape index (κ3) is 13.4. The molecule has 0 aromatic carbocycles. The summed E-state index contributed by atoms with van der Waals surface area (Å²) < 4.78 is 62.4. The Bertz CT molecular complexity index is 400. The van der Waals surface area contributed by atoms with Gasteiger partial charge in [0.2, 0.25) is 0 Å². The van der Waals surface area contributed by atoms with E-state index in [0.717, 1.165) is 25.7 Å². The normalized spacial score (nSPS) is 14.5. The maximum atomic E-state index is 15.0. The van der Waals surface area contributed by atoms with Crippen molar-refractivity contribution in [2.24, 2.45) is 0 Å². The third-order valence-electron chi connectivity index (χ3n) is 4.96. The van der Waals surface area contributed by atoms with Gasteiger partial charge in [0.05, 0.1) is 0 Å². The van der Waals surface area contributed by atoms with Gasteiger partial charge in [-0.25, -0.2) is 0 Å². The second kappa shape index (κ2) is 17.1. The maximum absolute atomic E-state index is 15.0. The molecule has 0 N–H and O–H groups in total. The first kappa shape index (κ1) is 27.2. The zero-order chi connectivity index (χ0) is 21.3. The first-order valence-corrected chi connectivity index (χ1v) is 11.1. The molecule has 0 rings (SSSR count). The van der Waals surface area contributed by atoms with Gasteiger partial charge in [0, 0.05) is 13.0 Å². The van der Waals surface area contributed by atoms with Crippen molar-refractivity contribution < 1.29 is 27.0 Å². The van der Waals surface area contributed by atoms with Gasteiger partial charge in [-0.2, -0.15) is 17.6 Å². The van der Waals surface area contributed by atoms with E-state index in [0.29, 0.717) is 12.8 Å². The van der Waals surface area contributed by atoms with Gasteiger partial charge in [-0.15, -0.1) is 0 Å². The lowest BCUT2D eigenvalue weighted by molar-refractivity contribution is -0.213. The highest BCUT2D eigenvalue weighted by Crippen LogP contribution is 2.32. The molecule has 0 radical (unpaired) electrons. The molecule has 2 unspecified atom stereocenters. The molecule has 0 aromatic heterocycles. The van der Waals surface area contributed by atoms with Crippen LogP contribution in [0.5, 0.6) is 0 Å². The smallest absolute Gasteiger partial charge is 0.342 e. The number of hydrogen-bond donors (Lipinski definition) is 0. The van der Waals surface area contributed by atoms with Crippen molar-refractivity contribution in [1.82, 2.24) is 0 Å². The van der Waals surface area contributed by atoms with Crippen molar-refractivity contribution in [3.63, 3.8) is 0 Å². The summed E-state index contributed by atoms with van der Waals surface area (Å²) in [5, 5.41) is 0. The number of unbranched alkanes of at least 4 members (excludes halogenated alkanes) is 11. The minimum absolute atomic E-state index is 0.171. The fourth-order valence-corrected chi connectivity index (χ4v) is 3.15. The molecule has 6 heteroatoms. The third-order valence-corrected chi connectivity index (χ3v) is 4.96. The molecule has 0 heterocycles. The van der Waals surface area contributed by atoms with Crippen molar-refractivity contribution in [3.8, 4) is 0 Å². The number of halogens is 4. The quantitative estimate of drug-likeness (QED) is 0.120. The van der Waals surface area contributed by atoms with E-state index in [9.17, 15) is 17.6 Å². The summed E-state index contributed by atoms with van der Waals surface area (Å²) in [5.74, 6) is -2.58. The predicted octanol–water partition coefficient (Wildman–Crippen LogP) is 8.61. The van der Waals surface area contributed by atoms with Crippen LogP contribution in [0.1, 0.15) is 111 Å². The molecular weight excluding hydrogens is 372 g/mol. The average molecular weight is 413 g/mol. The summed E-state index contributed by atoms with van der Waals surface area (Å²) in [6, 6.07) is -2.16. The predicted molar refractivity (Wildman–Crippen MR) is 107 cm³/mol. The summed E-state index contributed by atoms with van der Waals surface area (Å²) in [6.07, 6.45) is 10.1. The zero-order valence-corrected chi connectivity index (χ0v) is 18.0. The molecule has 0 spiro atoms. The minimum atomic E-state index is -2.65. The van der Waals surface area contributed by atoms with Gasteiger partial charge in [-0.3, -0.25) is 0 Å². The van der Waals surface area contributed by atoms with Crippen LogP contribution in [-0.4, -0.2) is 18.6 Å². The highest BCUT2D eigenvalue weighted by atomic mass is 19.3. The van der Waals surface area contributed by atoms with Crippen LogP contribution < -0.4 is 0 Å². The van der Waals surface area contributed by atoms with Crippen LogP contribution in [0.25, 0.3) is 0 Å². The lowest BCUT2D eigenvalue weighted by Gasteiger charge is -2.31. The van der Waals surface area contributed by atoms with E-state index in [1.165, 1.54) is 51.9 Å². The lowest BCUT2D eigenvalue weighted by Crippen LogP contribution is -2.40. The Labute approximate surface area is 169 Å². The van der Waals surface area contributed by atoms with Crippen LogP contribution in [0.15, 0.2) is 12.1 Å². The first-order valence-electron chi connectivity index (χ1n) is 11.1. The molecule has 0 bridgehead atoms. The summed E-state index contributed by atoms with van der Waals surface area (Å²) in [4.78, 5) is 0. The van der Waals surface area contributed by atoms with Crippen molar-refractivity contribution in [2.75, 3.05) is 6.61 Å². The van der Waals surface area contributed by atoms with Gasteiger partial charge < -0.3 is 9.47 Å². The van der Waals surface area contributed by atoms with E-state index in [2.05, 4.69) is 11.7 Å². The van der Waals surface area contributed by atoms with Crippen molar-refractivity contribution in [1.29, 1.82) is 0 Å². The molecular formula is C22H40F4O2. The number of ether oxygens (including phenoxy) is 2. The highest BCUT2D eigenvalue weighted by molar-refractivity contribution is 4.87. The largest absolute Gasteiger partial charge is 0.427 e. The second-order valence-electron chi connectivity index (χ2n) is 7.57. The topological polar surface area (TPSA) is 18.5 Å². The van der Waals surface area contributed by atoms with Gasteiger partial charge in [-0.05, 0) is 19.8 Å². The summed E-state index contributed by atoms with van der Waals surface area (Å²) in [7, 11) is 0. The molecule has 0 amide bonds. The van der Waals surface area contributed by atoms with E-state index in [4.69, 9.17) is 4.74 Å². The summed E-state index contributed by atoms with van der Waals surface area (Å²) in [6.45, 7) is 5.71. The SMILES string of the molecule is CCCCCCCCCCCCCCC(F)(OC(F)=C(F)F)C(C)OCCC. The maximum Gasteiger partial charge on any atom is 0.342 e.